The van der Waals surface area contributed by atoms with Crippen LogP contribution in [0, 0.1) is 0 Å². The van der Waals surface area contributed by atoms with Gasteiger partial charge >= 0.3 is 0 Å². The molecule has 0 saturated heterocycles. The van der Waals surface area contributed by atoms with Crippen LogP contribution < -0.4 is 15.0 Å². The molecule has 1 aromatic carbocycles. The highest BCUT2D eigenvalue weighted by Gasteiger charge is 2.16. The molecular formula is C16H10N4O3S. The van der Waals surface area contributed by atoms with Gasteiger partial charge in [0.1, 0.15) is 5.52 Å². The largest absolute Gasteiger partial charge is 0.454 e. The Morgan fingerprint density at radius 3 is 3.08 bits per heavy atom. The van der Waals surface area contributed by atoms with Crippen molar-refractivity contribution in [3.05, 3.63) is 52.4 Å². The molecule has 0 amide bonds. The van der Waals surface area contributed by atoms with E-state index in [9.17, 15) is 4.79 Å². The molecule has 0 atom stereocenters. The van der Waals surface area contributed by atoms with E-state index >= 15 is 0 Å². The number of aromatic nitrogens is 4. The van der Waals surface area contributed by atoms with Crippen molar-refractivity contribution in [2.75, 3.05) is 6.79 Å². The summed E-state index contributed by atoms with van der Waals surface area (Å²) in [4.78, 5) is 20.0. The first-order chi connectivity index (χ1) is 11.8. The molecule has 1 aliphatic heterocycles. The molecule has 118 valence electrons. The summed E-state index contributed by atoms with van der Waals surface area (Å²) in [6.07, 6.45) is 3.37. The molecule has 0 fully saturated rings. The van der Waals surface area contributed by atoms with Gasteiger partial charge in [0.2, 0.25) is 11.9 Å². The molecule has 3 aromatic heterocycles. The Morgan fingerprint density at radius 2 is 2.12 bits per heavy atom. The Morgan fingerprint density at radius 1 is 1.21 bits per heavy atom. The van der Waals surface area contributed by atoms with Gasteiger partial charge < -0.3 is 14.5 Å². The summed E-state index contributed by atoms with van der Waals surface area (Å²) >= 11 is 1.36. The number of hydrogen-bond donors (Lipinski definition) is 1. The molecule has 0 radical (unpaired) electrons. The summed E-state index contributed by atoms with van der Waals surface area (Å²) in [5, 5.41) is 7.39. The SMILES string of the molecule is O=c1c2[nH]ccc2cnn1-c1nc(-c2ccc3c(c2)OCO3)cs1. The van der Waals surface area contributed by atoms with Crippen LogP contribution in [0.25, 0.3) is 27.3 Å². The lowest BCUT2D eigenvalue weighted by atomic mass is 10.1. The Labute approximate surface area is 139 Å². The van der Waals surface area contributed by atoms with Crippen LogP contribution >= 0.6 is 11.3 Å². The molecule has 5 rings (SSSR count). The van der Waals surface area contributed by atoms with Crippen LogP contribution in [0.4, 0.5) is 0 Å². The minimum Gasteiger partial charge on any atom is -0.454 e. The highest BCUT2D eigenvalue weighted by Crippen LogP contribution is 2.36. The van der Waals surface area contributed by atoms with E-state index < -0.39 is 0 Å². The number of ether oxygens (including phenoxy) is 2. The van der Waals surface area contributed by atoms with Crippen molar-refractivity contribution in [2.45, 2.75) is 0 Å². The summed E-state index contributed by atoms with van der Waals surface area (Å²) in [6.45, 7) is 0.233. The molecule has 0 aliphatic carbocycles. The first-order valence-electron chi connectivity index (χ1n) is 7.21. The first-order valence-corrected chi connectivity index (χ1v) is 8.09. The van der Waals surface area contributed by atoms with Gasteiger partial charge in [-0.1, -0.05) is 0 Å². The number of rotatable bonds is 2. The van der Waals surface area contributed by atoms with Gasteiger partial charge in [-0.3, -0.25) is 4.79 Å². The van der Waals surface area contributed by atoms with Crippen LogP contribution in [0.1, 0.15) is 0 Å². The van der Waals surface area contributed by atoms with Gasteiger partial charge in [0, 0.05) is 22.5 Å². The Kier molecular flexibility index (Phi) is 2.74. The highest BCUT2D eigenvalue weighted by atomic mass is 32.1. The number of H-pyrrole nitrogens is 1. The van der Waals surface area contributed by atoms with E-state index in [1.54, 1.807) is 12.4 Å². The Balaban J connectivity index is 1.59. The average Bonchev–Trinajstić information content (AvgIpc) is 3.34. The monoisotopic (exact) mass is 338 g/mol. The number of fused-ring (bicyclic) bond motifs is 2. The van der Waals surface area contributed by atoms with Crippen LogP contribution in [0.15, 0.2) is 46.8 Å². The maximum Gasteiger partial charge on any atom is 0.297 e. The number of nitrogens with zero attached hydrogens (tertiary/aromatic N) is 3. The van der Waals surface area contributed by atoms with Crippen LogP contribution in [-0.2, 0) is 0 Å². The maximum atomic E-state index is 12.5. The average molecular weight is 338 g/mol. The smallest absolute Gasteiger partial charge is 0.297 e. The number of thiazole rings is 1. The van der Waals surface area contributed by atoms with Crippen molar-refractivity contribution in [1.29, 1.82) is 0 Å². The fraction of sp³-hybridized carbons (Fsp3) is 0.0625. The van der Waals surface area contributed by atoms with Crippen molar-refractivity contribution in [1.82, 2.24) is 19.7 Å². The number of benzene rings is 1. The lowest BCUT2D eigenvalue weighted by molar-refractivity contribution is 0.174. The molecule has 24 heavy (non-hydrogen) atoms. The second kappa shape index (κ2) is 4.93. The first kappa shape index (κ1) is 13.3. The van der Waals surface area contributed by atoms with Gasteiger partial charge in [0.25, 0.3) is 5.56 Å². The molecule has 4 aromatic rings. The minimum atomic E-state index is -0.218. The summed E-state index contributed by atoms with van der Waals surface area (Å²) < 4.78 is 12.0. The zero-order valence-corrected chi connectivity index (χ0v) is 13.0. The van der Waals surface area contributed by atoms with Gasteiger partial charge in [-0.05, 0) is 24.3 Å². The van der Waals surface area contributed by atoms with Crippen molar-refractivity contribution in [2.24, 2.45) is 0 Å². The second-order valence-corrected chi connectivity index (χ2v) is 6.09. The second-order valence-electron chi connectivity index (χ2n) is 5.25. The zero-order chi connectivity index (χ0) is 16.1. The van der Waals surface area contributed by atoms with Gasteiger partial charge in [-0.2, -0.15) is 9.78 Å². The lowest BCUT2D eigenvalue weighted by Crippen LogP contribution is -2.20. The fourth-order valence-electron chi connectivity index (χ4n) is 2.64. The van der Waals surface area contributed by atoms with Crippen molar-refractivity contribution in [3.63, 3.8) is 0 Å². The molecule has 0 saturated carbocycles. The van der Waals surface area contributed by atoms with Crippen LogP contribution in [0.5, 0.6) is 11.5 Å². The number of aromatic amines is 1. The van der Waals surface area contributed by atoms with Gasteiger partial charge in [-0.25, -0.2) is 4.98 Å². The normalized spacial score (nSPS) is 12.8. The summed E-state index contributed by atoms with van der Waals surface area (Å²) in [5.41, 5.74) is 1.96. The van der Waals surface area contributed by atoms with E-state index in [0.717, 1.165) is 22.4 Å². The molecular weight excluding hydrogens is 328 g/mol. The Bertz CT molecular complexity index is 1130. The van der Waals surface area contributed by atoms with Gasteiger partial charge in [0.15, 0.2) is 11.5 Å². The highest BCUT2D eigenvalue weighted by molar-refractivity contribution is 7.12. The molecule has 8 heteroatoms. The predicted molar refractivity (Wildman–Crippen MR) is 88.9 cm³/mol. The van der Waals surface area contributed by atoms with Crippen molar-refractivity contribution >= 4 is 22.2 Å². The molecule has 0 unspecified atom stereocenters. The van der Waals surface area contributed by atoms with Gasteiger partial charge in [-0.15, -0.1) is 11.3 Å². The molecule has 1 N–H and O–H groups in total. The Hall–Kier alpha value is -3.13. The van der Waals surface area contributed by atoms with E-state index in [-0.39, 0.29) is 12.4 Å². The topological polar surface area (TPSA) is 82.0 Å². The molecule has 0 spiro atoms. The van der Waals surface area contributed by atoms with Crippen LogP contribution in [-0.4, -0.2) is 26.5 Å². The summed E-state index contributed by atoms with van der Waals surface area (Å²) in [7, 11) is 0. The van der Waals surface area contributed by atoms with E-state index in [4.69, 9.17) is 9.47 Å². The summed E-state index contributed by atoms with van der Waals surface area (Å²) in [6, 6.07) is 7.46. The van der Waals surface area contributed by atoms with E-state index in [1.165, 1.54) is 16.0 Å². The maximum absolute atomic E-state index is 12.5. The van der Waals surface area contributed by atoms with E-state index in [2.05, 4.69) is 15.1 Å². The standard InChI is InChI=1S/C16H10N4O3S/c21-15-14-10(3-4-17-14)6-18-20(15)16-19-11(7-24-16)9-1-2-12-13(5-9)23-8-22-12/h1-7,17H,8H2. The van der Waals surface area contributed by atoms with E-state index in [1.807, 2.05) is 29.6 Å². The van der Waals surface area contributed by atoms with Crippen molar-refractivity contribution < 1.29 is 9.47 Å². The third-order valence-corrected chi connectivity index (χ3v) is 4.66. The number of hydrogen-bond acceptors (Lipinski definition) is 6. The molecule has 0 bridgehead atoms. The summed E-state index contributed by atoms with van der Waals surface area (Å²) in [5.74, 6) is 1.43. The number of nitrogens with one attached hydrogen (secondary N) is 1. The fourth-order valence-corrected chi connectivity index (χ4v) is 3.43. The van der Waals surface area contributed by atoms with Crippen LogP contribution in [0.2, 0.25) is 0 Å². The molecule has 7 nitrogen and oxygen atoms in total. The van der Waals surface area contributed by atoms with E-state index in [0.29, 0.717) is 16.4 Å². The zero-order valence-electron chi connectivity index (χ0n) is 12.2. The molecule has 4 heterocycles. The predicted octanol–water partition coefficient (Wildman–Crippen LogP) is 2.57. The molecule has 1 aliphatic rings. The minimum absolute atomic E-state index is 0.218. The lowest BCUT2D eigenvalue weighted by Gasteiger charge is -2.00. The van der Waals surface area contributed by atoms with Gasteiger partial charge in [0.05, 0.1) is 11.9 Å². The third-order valence-electron chi connectivity index (χ3n) is 3.84. The quantitative estimate of drug-likeness (QED) is 0.607. The van der Waals surface area contributed by atoms with Crippen molar-refractivity contribution in [3.8, 4) is 27.9 Å². The van der Waals surface area contributed by atoms with Crippen LogP contribution in [0.3, 0.4) is 0 Å². The third kappa shape index (κ3) is 1.93.